The first-order valence-electron chi connectivity index (χ1n) is 6.81. The number of rotatable bonds is 5. The third-order valence-corrected chi connectivity index (χ3v) is 4.60. The molecule has 0 spiro atoms. The molecule has 0 saturated heterocycles. The van der Waals surface area contributed by atoms with Gasteiger partial charge < -0.3 is 10.2 Å². The highest BCUT2D eigenvalue weighted by Gasteiger charge is 2.34. The van der Waals surface area contributed by atoms with Gasteiger partial charge in [-0.2, -0.15) is 13.2 Å². The molecule has 4 nitrogen and oxygen atoms in total. The van der Waals surface area contributed by atoms with Gasteiger partial charge in [-0.3, -0.25) is 0 Å². The van der Waals surface area contributed by atoms with Crippen molar-refractivity contribution in [1.82, 2.24) is 15.2 Å². The predicted molar refractivity (Wildman–Crippen MR) is 74.2 cm³/mol. The lowest BCUT2D eigenvalue weighted by molar-refractivity contribution is -0.140. The average molecular weight is 321 g/mol. The van der Waals surface area contributed by atoms with Crippen LogP contribution in [0.3, 0.4) is 0 Å². The molecule has 0 bridgehead atoms. The van der Waals surface area contributed by atoms with Crippen LogP contribution in [0.2, 0.25) is 0 Å². The van der Waals surface area contributed by atoms with Crippen molar-refractivity contribution in [3.8, 4) is 0 Å². The molecule has 1 atom stereocenters. The smallest absolute Gasteiger partial charge is 0.338 e. The van der Waals surface area contributed by atoms with Crippen LogP contribution in [0.15, 0.2) is 5.38 Å². The van der Waals surface area contributed by atoms with E-state index in [4.69, 9.17) is 0 Å². The lowest BCUT2D eigenvalue weighted by Crippen LogP contribution is -2.43. The van der Waals surface area contributed by atoms with Crippen molar-refractivity contribution in [2.75, 3.05) is 13.6 Å². The topological polar surface area (TPSA) is 45.2 Å². The first kappa shape index (κ1) is 16.1. The average Bonchev–Trinajstić information content (AvgIpc) is 3.14. The van der Waals surface area contributed by atoms with E-state index in [1.54, 1.807) is 11.9 Å². The van der Waals surface area contributed by atoms with Gasteiger partial charge in [-0.1, -0.05) is 0 Å². The van der Waals surface area contributed by atoms with Crippen LogP contribution in [0.5, 0.6) is 0 Å². The van der Waals surface area contributed by atoms with Crippen molar-refractivity contribution in [2.24, 2.45) is 5.92 Å². The summed E-state index contributed by atoms with van der Waals surface area (Å²) in [6.45, 7) is 2.29. The van der Waals surface area contributed by atoms with E-state index in [0.29, 0.717) is 17.3 Å². The van der Waals surface area contributed by atoms with Gasteiger partial charge in [0.1, 0.15) is 0 Å². The molecule has 1 fully saturated rings. The minimum absolute atomic E-state index is 0.193. The molecular formula is C13H18F3N3OS. The number of carbonyl (C=O) groups excluding carboxylic acids is 1. The van der Waals surface area contributed by atoms with Crippen molar-refractivity contribution in [2.45, 2.75) is 38.4 Å². The maximum absolute atomic E-state index is 12.4. The third kappa shape index (κ3) is 4.33. The van der Waals surface area contributed by atoms with Crippen molar-refractivity contribution in [3.05, 3.63) is 16.1 Å². The van der Waals surface area contributed by atoms with Crippen molar-refractivity contribution >= 4 is 17.4 Å². The summed E-state index contributed by atoms with van der Waals surface area (Å²) in [7, 11) is 1.74. The zero-order chi connectivity index (χ0) is 15.6. The van der Waals surface area contributed by atoms with Crippen molar-refractivity contribution < 1.29 is 18.0 Å². The summed E-state index contributed by atoms with van der Waals surface area (Å²) in [4.78, 5) is 17.1. The Morgan fingerprint density at radius 1 is 1.57 bits per heavy atom. The van der Waals surface area contributed by atoms with Gasteiger partial charge in [-0.15, -0.1) is 11.3 Å². The molecule has 2 amide bonds. The molecular weight excluding hydrogens is 303 g/mol. The fourth-order valence-electron chi connectivity index (χ4n) is 2.04. The first-order chi connectivity index (χ1) is 9.79. The Morgan fingerprint density at radius 3 is 2.76 bits per heavy atom. The Hall–Kier alpha value is -1.31. The van der Waals surface area contributed by atoms with Crippen molar-refractivity contribution in [3.63, 3.8) is 0 Å². The van der Waals surface area contributed by atoms with Crippen LogP contribution in [-0.4, -0.2) is 35.5 Å². The molecule has 1 saturated carbocycles. The van der Waals surface area contributed by atoms with E-state index in [0.717, 1.165) is 29.6 Å². The Kier molecular flexibility index (Phi) is 4.75. The second-order valence-corrected chi connectivity index (χ2v) is 6.24. The summed E-state index contributed by atoms with van der Waals surface area (Å²) in [5.41, 5.74) is -0.867. The zero-order valence-electron chi connectivity index (χ0n) is 11.9. The van der Waals surface area contributed by atoms with E-state index in [-0.39, 0.29) is 18.6 Å². The number of amides is 2. The van der Waals surface area contributed by atoms with Gasteiger partial charge in [0, 0.05) is 31.4 Å². The third-order valence-electron chi connectivity index (χ3n) is 3.69. The molecule has 0 unspecified atom stereocenters. The second-order valence-electron chi connectivity index (χ2n) is 5.30. The van der Waals surface area contributed by atoms with E-state index >= 15 is 0 Å². The highest BCUT2D eigenvalue weighted by molar-refractivity contribution is 7.09. The monoisotopic (exact) mass is 321 g/mol. The molecule has 1 aliphatic rings. The van der Waals surface area contributed by atoms with Crippen LogP contribution in [0.4, 0.5) is 18.0 Å². The van der Waals surface area contributed by atoms with Gasteiger partial charge in [-0.25, -0.2) is 9.78 Å². The highest BCUT2D eigenvalue weighted by atomic mass is 32.1. The van der Waals surface area contributed by atoms with E-state index in [2.05, 4.69) is 10.3 Å². The quantitative estimate of drug-likeness (QED) is 0.905. The number of urea groups is 1. The summed E-state index contributed by atoms with van der Waals surface area (Å²) in [5, 5.41) is 4.09. The van der Waals surface area contributed by atoms with Gasteiger partial charge in [0.25, 0.3) is 0 Å². The number of nitrogens with one attached hydrogen (secondary N) is 1. The molecule has 2 rings (SSSR count). The standard InChI is InChI=1S/C13H18F3N3OS/c1-8(9-3-4-9)19(2)12(20)17-6-5-11-18-10(7-21-11)13(14,15)16/h7-9H,3-6H2,1-2H3,(H,17,20)/t8-/m1/s1. The Balaban J connectivity index is 1.76. The molecule has 1 heterocycles. The minimum atomic E-state index is -4.40. The van der Waals surface area contributed by atoms with Crippen LogP contribution in [0.25, 0.3) is 0 Å². The van der Waals surface area contributed by atoms with E-state index < -0.39 is 11.9 Å². The number of alkyl halides is 3. The summed E-state index contributed by atoms with van der Waals surface area (Å²) >= 11 is 0.962. The minimum Gasteiger partial charge on any atom is -0.338 e. The fourth-order valence-corrected chi connectivity index (χ4v) is 2.84. The van der Waals surface area contributed by atoms with Gasteiger partial charge in [0.2, 0.25) is 0 Å². The second kappa shape index (κ2) is 6.21. The SMILES string of the molecule is C[C@H](C1CC1)N(C)C(=O)NCCc1nc(C(F)(F)F)cs1. The lowest BCUT2D eigenvalue weighted by Gasteiger charge is -2.25. The van der Waals surface area contributed by atoms with Crippen LogP contribution < -0.4 is 5.32 Å². The van der Waals surface area contributed by atoms with Crippen LogP contribution >= 0.6 is 11.3 Å². The summed E-state index contributed by atoms with van der Waals surface area (Å²) in [6.07, 6.45) is -1.80. The van der Waals surface area contributed by atoms with Gasteiger partial charge >= 0.3 is 12.2 Å². The summed E-state index contributed by atoms with van der Waals surface area (Å²) < 4.78 is 37.2. The van der Waals surface area contributed by atoms with E-state index in [9.17, 15) is 18.0 Å². The number of aromatic nitrogens is 1. The molecule has 118 valence electrons. The normalized spacial score (nSPS) is 16.6. The van der Waals surface area contributed by atoms with Crippen LogP contribution in [-0.2, 0) is 12.6 Å². The Morgan fingerprint density at radius 2 is 2.24 bits per heavy atom. The fraction of sp³-hybridized carbons (Fsp3) is 0.692. The molecule has 0 aromatic carbocycles. The predicted octanol–water partition coefficient (Wildman–Crippen LogP) is 3.14. The first-order valence-corrected chi connectivity index (χ1v) is 7.69. The maximum atomic E-state index is 12.4. The molecule has 0 aliphatic heterocycles. The summed E-state index contributed by atoms with van der Waals surface area (Å²) in [5.74, 6) is 0.578. The molecule has 0 radical (unpaired) electrons. The number of hydrogen-bond acceptors (Lipinski definition) is 3. The molecule has 21 heavy (non-hydrogen) atoms. The van der Waals surface area contributed by atoms with E-state index in [1.165, 1.54) is 0 Å². The number of hydrogen-bond donors (Lipinski definition) is 1. The largest absolute Gasteiger partial charge is 0.434 e. The van der Waals surface area contributed by atoms with Crippen LogP contribution in [0.1, 0.15) is 30.5 Å². The van der Waals surface area contributed by atoms with Gasteiger partial charge in [0.05, 0.1) is 5.01 Å². The zero-order valence-corrected chi connectivity index (χ0v) is 12.7. The molecule has 1 N–H and O–H groups in total. The molecule has 1 aliphatic carbocycles. The Labute approximate surface area is 125 Å². The lowest BCUT2D eigenvalue weighted by atomic mass is 10.2. The molecule has 1 aromatic rings. The van der Waals surface area contributed by atoms with E-state index in [1.807, 2.05) is 6.92 Å². The van der Waals surface area contributed by atoms with Crippen molar-refractivity contribution in [1.29, 1.82) is 0 Å². The molecule has 8 heteroatoms. The maximum Gasteiger partial charge on any atom is 0.434 e. The highest BCUT2D eigenvalue weighted by Crippen LogP contribution is 2.34. The van der Waals surface area contributed by atoms with Crippen LogP contribution in [0, 0.1) is 5.92 Å². The number of thiazole rings is 1. The summed E-state index contributed by atoms with van der Waals surface area (Å²) in [6, 6.07) is 0.00342. The number of nitrogens with zero attached hydrogens (tertiary/aromatic N) is 2. The molecule has 1 aromatic heterocycles. The Bertz CT molecular complexity index is 499. The van der Waals surface area contributed by atoms with Gasteiger partial charge in [-0.05, 0) is 25.7 Å². The van der Waals surface area contributed by atoms with Gasteiger partial charge in [0.15, 0.2) is 5.69 Å². The number of carbonyl (C=O) groups is 1. The number of halogens is 3.